The van der Waals surface area contributed by atoms with Gasteiger partial charge in [0.1, 0.15) is 10.7 Å². The molecule has 0 fully saturated rings. The standard InChI is InChI=1S/C23H19ClN2O4S/c1-14-8-11-18(12-9-14)31(28,29)30-22-15(2)23(27)26(16(3)25-22)20-13-10-17-6-4-5-7-19(17)21(20)24/h4-13H,1-3H3. The van der Waals surface area contributed by atoms with E-state index in [1.165, 1.54) is 23.6 Å². The average Bonchev–Trinajstić information content (AvgIpc) is 2.74. The number of benzene rings is 3. The molecule has 0 saturated carbocycles. The van der Waals surface area contributed by atoms with Crippen LogP contribution >= 0.6 is 11.6 Å². The first-order valence-corrected chi connectivity index (χ1v) is 11.3. The van der Waals surface area contributed by atoms with E-state index in [0.717, 1.165) is 16.3 Å². The van der Waals surface area contributed by atoms with Crippen LogP contribution in [-0.4, -0.2) is 18.0 Å². The minimum Gasteiger partial charge on any atom is -0.358 e. The highest BCUT2D eigenvalue weighted by Gasteiger charge is 2.22. The van der Waals surface area contributed by atoms with Crippen molar-refractivity contribution in [3.05, 3.63) is 93.0 Å². The number of fused-ring (bicyclic) bond motifs is 1. The lowest BCUT2D eigenvalue weighted by molar-refractivity contribution is 0.469. The summed E-state index contributed by atoms with van der Waals surface area (Å²) in [4.78, 5) is 17.4. The van der Waals surface area contributed by atoms with Crippen molar-refractivity contribution >= 4 is 32.5 Å². The minimum absolute atomic E-state index is 0.0151. The summed E-state index contributed by atoms with van der Waals surface area (Å²) in [7, 11) is -4.14. The van der Waals surface area contributed by atoms with Gasteiger partial charge >= 0.3 is 10.1 Å². The first kappa shape index (κ1) is 21.1. The summed E-state index contributed by atoms with van der Waals surface area (Å²) in [6.07, 6.45) is 0. The van der Waals surface area contributed by atoms with Crippen molar-refractivity contribution in [3.8, 4) is 11.6 Å². The third-order valence-corrected chi connectivity index (χ3v) is 6.64. The van der Waals surface area contributed by atoms with E-state index in [9.17, 15) is 13.2 Å². The van der Waals surface area contributed by atoms with E-state index in [1.807, 2.05) is 37.3 Å². The van der Waals surface area contributed by atoms with Crippen molar-refractivity contribution in [1.29, 1.82) is 0 Å². The van der Waals surface area contributed by atoms with Crippen LogP contribution in [0.15, 0.2) is 70.4 Å². The van der Waals surface area contributed by atoms with Crippen LogP contribution in [0, 0.1) is 20.8 Å². The Morgan fingerprint density at radius 3 is 2.32 bits per heavy atom. The fourth-order valence-corrected chi connectivity index (χ4v) is 4.56. The smallest absolute Gasteiger partial charge is 0.340 e. The third kappa shape index (κ3) is 3.82. The van der Waals surface area contributed by atoms with E-state index in [0.29, 0.717) is 10.7 Å². The van der Waals surface area contributed by atoms with Gasteiger partial charge in [-0.1, -0.05) is 59.6 Å². The van der Waals surface area contributed by atoms with Crippen molar-refractivity contribution in [2.75, 3.05) is 0 Å². The number of halogens is 1. The molecule has 1 heterocycles. The molecule has 0 radical (unpaired) electrons. The fraction of sp³-hybridized carbons (Fsp3) is 0.130. The van der Waals surface area contributed by atoms with E-state index in [4.69, 9.17) is 15.8 Å². The maximum Gasteiger partial charge on any atom is 0.340 e. The van der Waals surface area contributed by atoms with Crippen LogP contribution in [0.2, 0.25) is 5.02 Å². The number of rotatable bonds is 4. The van der Waals surface area contributed by atoms with Crippen molar-refractivity contribution in [2.24, 2.45) is 0 Å². The Morgan fingerprint density at radius 1 is 0.935 bits per heavy atom. The molecule has 6 nitrogen and oxygen atoms in total. The van der Waals surface area contributed by atoms with Crippen LogP contribution in [0.5, 0.6) is 5.88 Å². The van der Waals surface area contributed by atoms with Crippen LogP contribution in [0.3, 0.4) is 0 Å². The Labute approximate surface area is 184 Å². The molecule has 0 atom stereocenters. The molecule has 0 saturated heterocycles. The second-order valence-corrected chi connectivity index (χ2v) is 9.12. The molecule has 4 aromatic rings. The molecular weight excluding hydrogens is 436 g/mol. The van der Waals surface area contributed by atoms with E-state index in [2.05, 4.69) is 4.98 Å². The summed E-state index contributed by atoms with van der Waals surface area (Å²) in [6, 6.07) is 17.4. The SMILES string of the molecule is Cc1ccc(S(=O)(=O)Oc2nc(C)n(-c3ccc4ccccc4c3Cl)c(=O)c2C)cc1. The molecule has 0 amide bonds. The fourth-order valence-electron chi connectivity index (χ4n) is 3.30. The van der Waals surface area contributed by atoms with Gasteiger partial charge in [-0.05, 0) is 44.4 Å². The Kier molecular flexibility index (Phi) is 5.33. The molecule has 31 heavy (non-hydrogen) atoms. The zero-order valence-corrected chi connectivity index (χ0v) is 18.7. The van der Waals surface area contributed by atoms with Crippen LogP contribution < -0.4 is 9.74 Å². The van der Waals surface area contributed by atoms with E-state index in [1.54, 1.807) is 25.1 Å². The van der Waals surface area contributed by atoms with Gasteiger partial charge < -0.3 is 4.18 Å². The van der Waals surface area contributed by atoms with E-state index < -0.39 is 15.7 Å². The minimum atomic E-state index is -4.14. The number of hydrogen-bond acceptors (Lipinski definition) is 5. The van der Waals surface area contributed by atoms with Crippen molar-refractivity contribution in [2.45, 2.75) is 25.7 Å². The Bertz CT molecular complexity index is 1480. The second kappa shape index (κ2) is 7.83. The number of aromatic nitrogens is 2. The quantitative estimate of drug-likeness (QED) is 0.416. The molecule has 0 aliphatic heterocycles. The van der Waals surface area contributed by atoms with Gasteiger partial charge in [0, 0.05) is 5.39 Å². The lowest BCUT2D eigenvalue weighted by Crippen LogP contribution is -2.26. The first-order valence-electron chi connectivity index (χ1n) is 9.48. The lowest BCUT2D eigenvalue weighted by Gasteiger charge is -2.16. The summed E-state index contributed by atoms with van der Waals surface area (Å²) in [5, 5.41) is 2.15. The topological polar surface area (TPSA) is 78.3 Å². The van der Waals surface area contributed by atoms with Crippen LogP contribution in [0.25, 0.3) is 16.5 Å². The number of aryl methyl sites for hydroxylation is 2. The van der Waals surface area contributed by atoms with Gasteiger partial charge in [-0.2, -0.15) is 13.4 Å². The summed E-state index contributed by atoms with van der Waals surface area (Å²) in [5.41, 5.74) is 0.981. The Balaban J connectivity index is 1.81. The zero-order chi connectivity index (χ0) is 22.3. The first-order chi connectivity index (χ1) is 14.7. The van der Waals surface area contributed by atoms with Gasteiger partial charge in [0.05, 0.1) is 16.3 Å². The summed E-state index contributed by atoms with van der Waals surface area (Å²) < 4.78 is 31.9. The Hall–Kier alpha value is -3.16. The maximum absolute atomic E-state index is 13.2. The maximum atomic E-state index is 13.2. The average molecular weight is 455 g/mol. The zero-order valence-electron chi connectivity index (χ0n) is 17.1. The molecule has 0 aliphatic carbocycles. The van der Waals surface area contributed by atoms with Crippen molar-refractivity contribution in [3.63, 3.8) is 0 Å². The predicted octanol–water partition coefficient (Wildman–Crippen LogP) is 4.73. The van der Waals surface area contributed by atoms with Crippen molar-refractivity contribution in [1.82, 2.24) is 9.55 Å². The van der Waals surface area contributed by atoms with Crippen LogP contribution in [0.1, 0.15) is 17.0 Å². The highest BCUT2D eigenvalue weighted by Crippen LogP contribution is 2.30. The molecular formula is C23H19ClN2O4S. The van der Waals surface area contributed by atoms with Crippen LogP contribution in [-0.2, 0) is 10.1 Å². The van der Waals surface area contributed by atoms with Gasteiger partial charge in [-0.3, -0.25) is 9.36 Å². The van der Waals surface area contributed by atoms with Gasteiger partial charge in [-0.15, -0.1) is 0 Å². The van der Waals surface area contributed by atoms with Gasteiger partial charge in [0.2, 0.25) is 5.88 Å². The van der Waals surface area contributed by atoms with E-state index >= 15 is 0 Å². The van der Waals surface area contributed by atoms with Crippen molar-refractivity contribution < 1.29 is 12.6 Å². The Morgan fingerprint density at radius 2 is 1.61 bits per heavy atom. The second-order valence-electron chi connectivity index (χ2n) is 7.20. The highest BCUT2D eigenvalue weighted by molar-refractivity contribution is 7.87. The molecule has 3 aromatic carbocycles. The van der Waals surface area contributed by atoms with Gasteiger partial charge in [-0.25, -0.2) is 0 Å². The normalized spacial score (nSPS) is 11.6. The largest absolute Gasteiger partial charge is 0.358 e. The molecule has 158 valence electrons. The van der Waals surface area contributed by atoms with Crippen LogP contribution in [0.4, 0.5) is 0 Å². The van der Waals surface area contributed by atoms with Gasteiger partial charge in [0.15, 0.2) is 0 Å². The lowest BCUT2D eigenvalue weighted by atomic mass is 10.1. The number of nitrogens with zero attached hydrogens (tertiary/aromatic N) is 2. The molecule has 0 spiro atoms. The number of hydrogen-bond donors (Lipinski definition) is 0. The summed E-state index contributed by atoms with van der Waals surface area (Å²) in [6.45, 7) is 4.92. The highest BCUT2D eigenvalue weighted by atomic mass is 35.5. The molecule has 0 bridgehead atoms. The summed E-state index contributed by atoms with van der Waals surface area (Å²) >= 11 is 6.60. The molecule has 0 N–H and O–H groups in total. The third-order valence-electron chi connectivity index (χ3n) is 5.01. The van der Waals surface area contributed by atoms with E-state index in [-0.39, 0.29) is 22.2 Å². The van der Waals surface area contributed by atoms with Gasteiger partial charge in [0.25, 0.3) is 5.56 Å². The molecule has 4 rings (SSSR count). The summed E-state index contributed by atoms with van der Waals surface area (Å²) in [5.74, 6) is -0.00174. The predicted molar refractivity (Wildman–Crippen MR) is 121 cm³/mol. The molecule has 0 unspecified atom stereocenters. The molecule has 0 aliphatic rings. The monoisotopic (exact) mass is 454 g/mol. The molecule has 1 aromatic heterocycles. The molecule has 8 heteroatoms.